The van der Waals surface area contributed by atoms with Gasteiger partial charge in [-0.2, -0.15) is 5.26 Å². The summed E-state index contributed by atoms with van der Waals surface area (Å²) in [5.41, 5.74) is 0.220. The van der Waals surface area contributed by atoms with E-state index in [-0.39, 0.29) is 11.3 Å². The van der Waals surface area contributed by atoms with E-state index < -0.39 is 5.97 Å². The molecule has 1 aromatic carbocycles. The van der Waals surface area contributed by atoms with Crippen LogP contribution in [0.25, 0.3) is 6.08 Å². The fourth-order valence-corrected chi connectivity index (χ4v) is 2.36. The molecule has 0 spiro atoms. The van der Waals surface area contributed by atoms with E-state index in [4.69, 9.17) is 15.5 Å². The third-order valence-electron chi connectivity index (χ3n) is 4.04. The Morgan fingerprint density at radius 2 is 1.44 bits per heavy atom. The van der Waals surface area contributed by atoms with Gasteiger partial charge in [0.05, 0.1) is 0 Å². The first kappa shape index (κ1) is 24.7. The van der Waals surface area contributed by atoms with Crippen molar-refractivity contribution in [2.45, 2.75) is 59.3 Å². The lowest BCUT2D eigenvalue weighted by Gasteiger charge is -2.21. The van der Waals surface area contributed by atoms with Crippen LogP contribution in [0.5, 0.6) is 5.75 Å². The minimum absolute atomic E-state index is 0.0935. The van der Waals surface area contributed by atoms with Crippen molar-refractivity contribution >= 4 is 12.0 Å². The summed E-state index contributed by atoms with van der Waals surface area (Å²) < 4.78 is 0. The number of hydrogen-bond donors (Lipinski definition) is 2. The Kier molecular flexibility index (Phi) is 14.5. The van der Waals surface area contributed by atoms with Gasteiger partial charge in [-0.15, -0.1) is 0 Å². The fourth-order valence-electron chi connectivity index (χ4n) is 2.36. The summed E-state index contributed by atoms with van der Waals surface area (Å²) in [6.45, 7) is 10.8. The third kappa shape index (κ3) is 12.6. The average molecular weight is 375 g/mol. The molecule has 0 unspecified atom stereocenters. The first-order chi connectivity index (χ1) is 13.0. The summed E-state index contributed by atoms with van der Waals surface area (Å²) in [7, 11) is 0. The lowest BCUT2D eigenvalue weighted by Crippen LogP contribution is -2.27. The van der Waals surface area contributed by atoms with Gasteiger partial charge in [-0.25, -0.2) is 4.79 Å². The number of phenolic OH excluding ortho intramolecular Hbond substituents is 1. The molecule has 0 atom stereocenters. The van der Waals surface area contributed by atoms with Gasteiger partial charge in [0.15, 0.2) is 0 Å². The van der Waals surface area contributed by atoms with Gasteiger partial charge in [-0.1, -0.05) is 52.2 Å². The number of nitriles is 1. The van der Waals surface area contributed by atoms with Crippen molar-refractivity contribution in [2.24, 2.45) is 0 Å². The minimum atomic E-state index is -1.26. The third-order valence-corrected chi connectivity index (χ3v) is 4.04. The zero-order chi connectivity index (χ0) is 20.5. The predicted octanol–water partition coefficient (Wildman–Crippen LogP) is 5.07. The van der Waals surface area contributed by atoms with Gasteiger partial charge in [0.1, 0.15) is 17.4 Å². The Labute approximate surface area is 163 Å². The summed E-state index contributed by atoms with van der Waals surface area (Å²) in [6, 6.07) is 7.45. The standard InChI is InChI=1S/C12H27N.C10H7NO3/c1-4-7-10-13(11-8-5-2)12-9-6-3;11-6-8(10(13)14)5-7-1-3-9(12)4-2-7/h4-12H2,1-3H3;1-5,12H,(H,13,14). The Morgan fingerprint density at radius 1 is 1.00 bits per heavy atom. The minimum Gasteiger partial charge on any atom is -0.508 e. The van der Waals surface area contributed by atoms with Crippen LogP contribution in [0.4, 0.5) is 0 Å². The Hall–Kier alpha value is -2.32. The second-order valence-electron chi connectivity index (χ2n) is 6.47. The molecule has 0 bridgehead atoms. The monoisotopic (exact) mass is 374 g/mol. The van der Waals surface area contributed by atoms with E-state index in [1.54, 1.807) is 6.07 Å². The van der Waals surface area contributed by atoms with Crippen LogP contribution in [0.2, 0.25) is 0 Å². The molecule has 1 rings (SSSR count). The van der Waals surface area contributed by atoms with Crippen LogP contribution < -0.4 is 0 Å². The molecule has 0 aliphatic rings. The molecule has 5 heteroatoms. The summed E-state index contributed by atoms with van der Waals surface area (Å²) in [5, 5.41) is 26.0. The second kappa shape index (κ2) is 15.9. The van der Waals surface area contributed by atoms with Crippen molar-refractivity contribution in [2.75, 3.05) is 19.6 Å². The number of benzene rings is 1. The highest BCUT2D eigenvalue weighted by atomic mass is 16.4. The molecule has 150 valence electrons. The lowest BCUT2D eigenvalue weighted by molar-refractivity contribution is -0.132. The first-order valence-corrected chi connectivity index (χ1v) is 9.84. The van der Waals surface area contributed by atoms with Crippen LogP contribution in [-0.2, 0) is 4.79 Å². The molecule has 1 aromatic rings. The quantitative estimate of drug-likeness (QED) is 0.417. The zero-order valence-corrected chi connectivity index (χ0v) is 16.9. The summed E-state index contributed by atoms with van der Waals surface area (Å²) >= 11 is 0. The number of carboxylic acids is 1. The van der Waals surface area contributed by atoms with Gasteiger partial charge < -0.3 is 15.1 Å². The maximum atomic E-state index is 10.5. The topological polar surface area (TPSA) is 84.6 Å². The molecule has 0 saturated carbocycles. The van der Waals surface area contributed by atoms with E-state index in [1.807, 2.05) is 0 Å². The number of rotatable bonds is 11. The molecule has 0 heterocycles. The summed E-state index contributed by atoms with van der Waals surface area (Å²) in [5.74, 6) is -1.17. The number of unbranched alkanes of at least 4 members (excludes halogenated alkanes) is 3. The molecule has 0 aliphatic heterocycles. The molecule has 0 aliphatic carbocycles. The molecule has 27 heavy (non-hydrogen) atoms. The highest BCUT2D eigenvalue weighted by Gasteiger charge is 2.05. The SMILES string of the molecule is CCCCN(CCCC)CCCC.N#CC(=Cc1ccc(O)cc1)C(=O)O. The number of carbonyl (C=O) groups is 1. The molecule has 0 saturated heterocycles. The van der Waals surface area contributed by atoms with Gasteiger partial charge >= 0.3 is 5.97 Å². The van der Waals surface area contributed by atoms with Crippen molar-refractivity contribution in [1.82, 2.24) is 4.90 Å². The predicted molar refractivity (Wildman–Crippen MR) is 110 cm³/mol. The molecule has 2 N–H and O–H groups in total. The van der Waals surface area contributed by atoms with E-state index >= 15 is 0 Å². The van der Waals surface area contributed by atoms with Crippen molar-refractivity contribution in [3.63, 3.8) is 0 Å². The number of aliphatic carboxylic acids is 1. The molecule has 5 nitrogen and oxygen atoms in total. The van der Waals surface area contributed by atoms with Crippen molar-refractivity contribution in [3.05, 3.63) is 35.4 Å². The van der Waals surface area contributed by atoms with Crippen LogP contribution >= 0.6 is 0 Å². The van der Waals surface area contributed by atoms with E-state index in [2.05, 4.69) is 25.7 Å². The van der Waals surface area contributed by atoms with Crippen LogP contribution in [0.3, 0.4) is 0 Å². The molecule has 0 aromatic heterocycles. The largest absolute Gasteiger partial charge is 0.508 e. The van der Waals surface area contributed by atoms with Gasteiger partial charge in [0.25, 0.3) is 0 Å². The zero-order valence-electron chi connectivity index (χ0n) is 16.9. The number of phenols is 1. The van der Waals surface area contributed by atoms with Crippen molar-refractivity contribution in [3.8, 4) is 11.8 Å². The normalized spacial score (nSPS) is 10.9. The van der Waals surface area contributed by atoms with Crippen LogP contribution in [0.1, 0.15) is 64.9 Å². The Bertz CT molecular complexity index is 570. The van der Waals surface area contributed by atoms with Crippen LogP contribution in [0, 0.1) is 11.3 Å². The number of carboxylic acid groups (broad SMARTS) is 1. The van der Waals surface area contributed by atoms with Crippen molar-refractivity contribution < 1.29 is 15.0 Å². The Morgan fingerprint density at radius 3 is 1.78 bits per heavy atom. The fraction of sp³-hybridized carbons (Fsp3) is 0.545. The molecule has 0 fully saturated rings. The summed E-state index contributed by atoms with van der Waals surface area (Å²) in [4.78, 5) is 13.1. The lowest BCUT2D eigenvalue weighted by atomic mass is 10.1. The number of aromatic hydroxyl groups is 1. The molecule has 0 radical (unpaired) electrons. The van der Waals surface area contributed by atoms with E-state index in [0.717, 1.165) is 0 Å². The number of hydrogen-bond acceptors (Lipinski definition) is 4. The molecular weight excluding hydrogens is 340 g/mol. The van der Waals surface area contributed by atoms with Crippen LogP contribution in [0.15, 0.2) is 29.8 Å². The van der Waals surface area contributed by atoms with Crippen molar-refractivity contribution in [1.29, 1.82) is 5.26 Å². The van der Waals surface area contributed by atoms with Crippen LogP contribution in [-0.4, -0.2) is 40.7 Å². The smallest absolute Gasteiger partial charge is 0.346 e. The van der Waals surface area contributed by atoms with Gasteiger partial charge in [0.2, 0.25) is 0 Å². The van der Waals surface area contributed by atoms with E-state index in [0.29, 0.717) is 5.56 Å². The molecular formula is C22H34N2O3. The van der Waals surface area contributed by atoms with Gasteiger partial charge in [0, 0.05) is 0 Å². The second-order valence-corrected chi connectivity index (χ2v) is 6.47. The maximum Gasteiger partial charge on any atom is 0.346 e. The van der Waals surface area contributed by atoms with Gasteiger partial charge in [-0.3, -0.25) is 0 Å². The highest BCUT2D eigenvalue weighted by molar-refractivity contribution is 5.96. The van der Waals surface area contributed by atoms with E-state index in [9.17, 15) is 4.79 Å². The first-order valence-electron chi connectivity index (χ1n) is 9.84. The summed E-state index contributed by atoms with van der Waals surface area (Å²) in [6.07, 6.45) is 9.33. The number of nitrogens with zero attached hydrogens (tertiary/aromatic N) is 2. The van der Waals surface area contributed by atoms with E-state index in [1.165, 1.54) is 88.5 Å². The van der Waals surface area contributed by atoms with Gasteiger partial charge in [-0.05, 0) is 62.7 Å². The highest BCUT2D eigenvalue weighted by Crippen LogP contribution is 2.12. The Balaban J connectivity index is 0.000000503. The maximum absolute atomic E-state index is 10.5. The molecule has 0 amide bonds. The average Bonchev–Trinajstić information content (AvgIpc) is 2.67.